The van der Waals surface area contributed by atoms with Gasteiger partial charge in [-0.15, -0.1) is 0 Å². The summed E-state index contributed by atoms with van der Waals surface area (Å²) in [7, 11) is 0. The van der Waals surface area contributed by atoms with Crippen molar-refractivity contribution in [3.8, 4) is 0 Å². The van der Waals surface area contributed by atoms with E-state index in [0.29, 0.717) is 18.6 Å². The summed E-state index contributed by atoms with van der Waals surface area (Å²) >= 11 is 0. The van der Waals surface area contributed by atoms with E-state index >= 15 is 0 Å². The van der Waals surface area contributed by atoms with E-state index in [2.05, 4.69) is 26.9 Å². The molecule has 0 bridgehead atoms. The van der Waals surface area contributed by atoms with Crippen molar-refractivity contribution in [2.45, 2.75) is 46.5 Å². The maximum absolute atomic E-state index is 12.7. The van der Waals surface area contributed by atoms with Gasteiger partial charge in [-0.25, -0.2) is 9.50 Å². The van der Waals surface area contributed by atoms with Crippen LogP contribution in [-0.2, 0) is 11.2 Å². The normalized spacial score (nSPS) is 16.4. The van der Waals surface area contributed by atoms with Crippen LogP contribution in [0.2, 0.25) is 0 Å². The van der Waals surface area contributed by atoms with E-state index in [1.54, 1.807) is 4.52 Å². The van der Waals surface area contributed by atoms with E-state index in [-0.39, 0.29) is 5.91 Å². The minimum Gasteiger partial charge on any atom is -0.341 e. The van der Waals surface area contributed by atoms with Crippen LogP contribution in [0.5, 0.6) is 0 Å². The molecule has 0 saturated carbocycles. The lowest BCUT2D eigenvalue weighted by Gasteiger charge is -2.22. The van der Waals surface area contributed by atoms with Crippen LogP contribution in [-0.4, -0.2) is 68.0 Å². The van der Waals surface area contributed by atoms with Gasteiger partial charge in [-0.05, 0) is 51.8 Å². The van der Waals surface area contributed by atoms with Crippen molar-refractivity contribution < 1.29 is 4.79 Å². The van der Waals surface area contributed by atoms with Crippen LogP contribution in [0.1, 0.15) is 43.1 Å². The summed E-state index contributed by atoms with van der Waals surface area (Å²) in [5.74, 6) is 0.865. The van der Waals surface area contributed by atoms with Gasteiger partial charge in [-0.2, -0.15) is 10.1 Å². The van der Waals surface area contributed by atoms with Crippen LogP contribution >= 0.6 is 0 Å². The molecule has 2 aromatic rings. The molecule has 1 fully saturated rings. The smallest absolute Gasteiger partial charge is 0.252 e. The Balaban J connectivity index is 1.62. The highest BCUT2D eigenvalue weighted by molar-refractivity contribution is 5.76. The summed E-state index contributed by atoms with van der Waals surface area (Å²) in [5, 5.41) is 4.22. The fourth-order valence-corrected chi connectivity index (χ4v) is 3.67. The second-order valence-corrected chi connectivity index (χ2v) is 6.81. The summed E-state index contributed by atoms with van der Waals surface area (Å²) in [4.78, 5) is 25.8. The molecule has 1 amide bonds. The number of carbonyl (C=O) groups is 1. The quantitative estimate of drug-likeness (QED) is 0.824. The number of aromatic nitrogens is 4. The molecular weight excluding hydrogens is 316 g/mol. The fourth-order valence-electron chi connectivity index (χ4n) is 3.67. The maximum Gasteiger partial charge on any atom is 0.252 e. The topological polar surface area (TPSA) is 66.6 Å². The Morgan fingerprint density at radius 2 is 2.04 bits per heavy atom. The van der Waals surface area contributed by atoms with Gasteiger partial charge in [0, 0.05) is 37.4 Å². The third-order valence-corrected chi connectivity index (χ3v) is 5.06. The molecular formula is C18H28N6O. The van der Waals surface area contributed by atoms with Crippen LogP contribution in [0, 0.1) is 13.8 Å². The molecule has 25 heavy (non-hydrogen) atoms. The zero-order valence-electron chi connectivity index (χ0n) is 15.5. The molecule has 2 aromatic heterocycles. The van der Waals surface area contributed by atoms with Crippen molar-refractivity contribution in [1.29, 1.82) is 0 Å². The molecule has 0 unspecified atom stereocenters. The van der Waals surface area contributed by atoms with Crippen molar-refractivity contribution in [2.24, 2.45) is 0 Å². The van der Waals surface area contributed by atoms with Crippen molar-refractivity contribution in [1.82, 2.24) is 29.4 Å². The Morgan fingerprint density at radius 3 is 2.84 bits per heavy atom. The molecule has 0 atom stereocenters. The summed E-state index contributed by atoms with van der Waals surface area (Å²) in [6.45, 7) is 11.1. The first-order chi connectivity index (χ1) is 12.1. The molecule has 0 radical (unpaired) electrons. The first kappa shape index (κ1) is 17.8. The highest BCUT2D eigenvalue weighted by atomic mass is 16.2. The molecule has 0 N–H and O–H groups in total. The Kier molecular flexibility index (Phi) is 5.63. The van der Waals surface area contributed by atoms with Gasteiger partial charge in [0.1, 0.15) is 6.33 Å². The van der Waals surface area contributed by atoms with Crippen molar-refractivity contribution in [3.63, 3.8) is 0 Å². The molecule has 7 nitrogen and oxygen atoms in total. The van der Waals surface area contributed by atoms with Gasteiger partial charge >= 0.3 is 0 Å². The van der Waals surface area contributed by atoms with Gasteiger partial charge in [0.15, 0.2) is 0 Å². The van der Waals surface area contributed by atoms with E-state index in [9.17, 15) is 4.79 Å². The van der Waals surface area contributed by atoms with E-state index in [1.165, 1.54) is 12.7 Å². The standard InChI is InChI=1S/C18H28N6O/c1-4-8-22-9-5-10-23(12-11-22)17(25)7-6-16-14(2)21-18-19-13-20-24(18)15(16)3/h13H,4-12H2,1-3H3. The van der Waals surface area contributed by atoms with E-state index in [1.807, 2.05) is 18.7 Å². The SMILES string of the molecule is CCCN1CCCN(C(=O)CCc2c(C)nc3ncnn3c2C)CC1. The summed E-state index contributed by atoms with van der Waals surface area (Å²) < 4.78 is 1.75. The largest absolute Gasteiger partial charge is 0.341 e. The second-order valence-electron chi connectivity index (χ2n) is 6.81. The number of amides is 1. The Bertz CT molecular complexity index is 740. The van der Waals surface area contributed by atoms with Gasteiger partial charge in [-0.3, -0.25) is 4.79 Å². The molecule has 3 rings (SSSR count). The molecule has 1 saturated heterocycles. The highest BCUT2D eigenvalue weighted by Crippen LogP contribution is 2.16. The molecule has 0 aliphatic carbocycles. The predicted molar refractivity (Wildman–Crippen MR) is 96.5 cm³/mol. The lowest BCUT2D eigenvalue weighted by atomic mass is 10.1. The zero-order chi connectivity index (χ0) is 17.8. The number of aryl methyl sites for hydroxylation is 2. The number of hydrogen-bond donors (Lipinski definition) is 0. The Labute approximate surface area is 149 Å². The zero-order valence-corrected chi connectivity index (χ0v) is 15.5. The summed E-state index contributed by atoms with van der Waals surface area (Å²) in [6.07, 6.45) is 4.98. The maximum atomic E-state index is 12.7. The first-order valence-corrected chi connectivity index (χ1v) is 9.26. The minimum atomic E-state index is 0.246. The number of nitrogens with zero attached hydrogens (tertiary/aromatic N) is 6. The van der Waals surface area contributed by atoms with Crippen LogP contribution < -0.4 is 0 Å². The van der Waals surface area contributed by atoms with Crippen molar-refractivity contribution in [2.75, 3.05) is 32.7 Å². The molecule has 1 aliphatic heterocycles. The average Bonchev–Trinajstić information content (AvgIpc) is 2.93. The van der Waals surface area contributed by atoms with E-state index in [0.717, 1.165) is 56.1 Å². The fraction of sp³-hybridized carbons (Fsp3) is 0.667. The Hall–Kier alpha value is -2.02. The molecule has 0 aromatic carbocycles. The van der Waals surface area contributed by atoms with Crippen molar-refractivity contribution in [3.05, 3.63) is 23.3 Å². The average molecular weight is 344 g/mol. The van der Waals surface area contributed by atoms with Gasteiger partial charge in [0.25, 0.3) is 5.78 Å². The number of fused-ring (bicyclic) bond motifs is 1. The van der Waals surface area contributed by atoms with E-state index < -0.39 is 0 Å². The second kappa shape index (κ2) is 7.91. The monoisotopic (exact) mass is 344 g/mol. The van der Waals surface area contributed by atoms with Gasteiger partial charge < -0.3 is 9.80 Å². The molecule has 0 spiro atoms. The minimum absolute atomic E-state index is 0.246. The van der Waals surface area contributed by atoms with Crippen LogP contribution in [0.25, 0.3) is 5.78 Å². The number of hydrogen-bond acceptors (Lipinski definition) is 5. The third kappa shape index (κ3) is 3.98. The number of rotatable bonds is 5. The van der Waals surface area contributed by atoms with Crippen LogP contribution in [0.3, 0.4) is 0 Å². The lowest BCUT2D eigenvalue weighted by molar-refractivity contribution is -0.131. The number of carbonyl (C=O) groups excluding carboxylic acids is 1. The van der Waals surface area contributed by atoms with Gasteiger partial charge in [0.2, 0.25) is 5.91 Å². The van der Waals surface area contributed by atoms with Gasteiger partial charge in [0.05, 0.1) is 0 Å². The molecule has 3 heterocycles. The van der Waals surface area contributed by atoms with Crippen LogP contribution in [0.4, 0.5) is 0 Å². The summed E-state index contributed by atoms with van der Waals surface area (Å²) in [5.41, 5.74) is 3.07. The van der Waals surface area contributed by atoms with Gasteiger partial charge in [-0.1, -0.05) is 6.92 Å². The molecule has 1 aliphatic rings. The Morgan fingerprint density at radius 1 is 1.20 bits per heavy atom. The highest BCUT2D eigenvalue weighted by Gasteiger charge is 2.19. The summed E-state index contributed by atoms with van der Waals surface area (Å²) in [6, 6.07) is 0. The van der Waals surface area contributed by atoms with E-state index in [4.69, 9.17) is 0 Å². The molecule has 136 valence electrons. The molecule has 7 heteroatoms. The lowest BCUT2D eigenvalue weighted by Crippen LogP contribution is -2.35. The third-order valence-electron chi connectivity index (χ3n) is 5.06. The predicted octanol–water partition coefficient (Wildman–Crippen LogP) is 1.62. The first-order valence-electron chi connectivity index (χ1n) is 9.26. The van der Waals surface area contributed by atoms with Crippen LogP contribution in [0.15, 0.2) is 6.33 Å². The van der Waals surface area contributed by atoms with Crippen molar-refractivity contribution >= 4 is 11.7 Å².